The van der Waals surface area contributed by atoms with Gasteiger partial charge in [0.15, 0.2) is 11.6 Å². The molecule has 1 aromatic heterocycles. The van der Waals surface area contributed by atoms with Crippen molar-refractivity contribution >= 4 is 5.82 Å². The number of nitrogen functional groups attached to an aromatic ring is 1. The number of halogens is 2. The number of nitrogens with zero attached hydrogens (tertiary/aromatic N) is 1. The molecule has 1 heterocycles. The molecule has 0 spiro atoms. The predicted octanol–water partition coefficient (Wildman–Crippen LogP) is 1.62. The van der Waals surface area contributed by atoms with Crippen molar-refractivity contribution in [1.82, 2.24) is 4.98 Å². The number of pyridine rings is 1. The Hall–Kier alpha value is -1.59. The van der Waals surface area contributed by atoms with Gasteiger partial charge < -0.3 is 15.2 Å². The van der Waals surface area contributed by atoms with Crippen molar-refractivity contribution in [2.45, 2.75) is 6.43 Å². The maximum absolute atomic E-state index is 12.5. The van der Waals surface area contributed by atoms with Crippen molar-refractivity contribution in [2.24, 2.45) is 0 Å². The molecule has 14 heavy (non-hydrogen) atoms. The largest absolute Gasteiger partial charge is 0.492 e. The second-order valence-electron chi connectivity index (χ2n) is 2.47. The minimum atomic E-state index is -2.68. The quantitative estimate of drug-likeness (QED) is 0.812. The summed E-state index contributed by atoms with van der Waals surface area (Å²) in [6, 6.07) is 1.10. The van der Waals surface area contributed by atoms with E-state index in [-0.39, 0.29) is 23.0 Å². The van der Waals surface area contributed by atoms with Crippen LogP contribution < -0.4 is 15.2 Å². The first-order chi connectivity index (χ1) is 6.60. The zero-order valence-corrected chi connectivity index (χ0v) is 7.75. The molecular formula is C8H10F2N2O2. The topological polar surface area (TPSA) is 57.4 Å². The summed E-state index contributed by atoms with van der Waals surface area (Å²) in [4.78, 5) is 3.70. The van der Waals surface area contributed by atoms with Crippen LogP contribution in [0, 0.1) is 0 Å². The molecule has 0 radical (unpaired) electrons. The maximum atomic E-state index is 12.5. The van der Waals surface area contributed by atoms with E-state index in [2.05, 4.69) is 4.98 Å². The Morgan fingerprint density at radius 2 is 2.00 bits per heavy atom. The number of alkyl halides is 2. The Kier molecular flexibility index (Phi) is 3.06. The van der Waals surface area contributed by atoms with E-state index in [4.69, 9.17) is 15.2 Å². The molecule has 0 fully saturated rings. The summed E-state index contributed by atoms with van der Waals surface area (Å²) in [6.45, 7) is 0. The Labute approximate surface area is 79.6 Å². The molecule has 0 aliphatic heterocycles. The van der Waals surface area contributed by atoms with Crippen molar-refractivity contribution < 1.29 is 18.3 Å². The smallest absolute Gasteiger partial charge is 0.267 e. The Bertz CT molecular complexity index is 331. The van der Waals surface area contributed by atoms with Gasteiger partial charge in [-0.05, 0) is 0 Å². The summed E-state index contributed by atoms with van der Waals surface area (Å²) in [7, 11) is 2.58. The van der Waals surface area contributed by atoms with Crippen molar-refractivity contribution in [1.29, 1.82) is 0 Å². The van der Waals surface area contributed by atoms with Gasteiger partial charge in [-0.15, -0.1) is 0 Å². The zero-order chi connectivity index (χ0) is 10.7. The van der Waals surface area contributed by atoms with Crippen LogP contribution in [-0.4, -0.2) is 19.2 Å². The van der Waals surface area contributed by atoms with Crippen molar-refractivity contribution in [3.63, 3.8) is 0 Å². The lowest BCUT2D eigenvalue weighted by molar-refractivity contribution is 0.146. The third-order valence-corrected chi connectivity index (χ3v) is 1.65. The summed E-state index contributed by atoms with van der Waals surface area (Å²) >= 11 is 0. The van der Waals surface area contributed by atoms with Crippen molar-refractivity contribution in [3.05, 3.63) is 11.6 Å². The number of rotatable bonds is 3. The van der Waals surface area contributed by atoms with E-state index >= 15 is 0 Å². The molecule has 0 amide bonds. The van der Waals surface area contributed by atoms with Gasteiger partial charge in [0.05, 0.1) is 19.8 Å². The molecule has 6 heteroatoms. The van der Waals surface area contributed by atoms with Crippen molar-refractivity contribution in [3.8, 4) is 11.6 Å². The van der Waals surface area contributed by atoms with Gasteiger partial charge in [0.2, 0.25) is 5.88 Å². The number of ether oxygens (including phenoxy) is 2. The highest BCUT2D eigenvalue weighted by Gasteiger charge is 2.19. The second kappa shape index (κ2) is 4.08. The Morgan fingerprint density at radius 1 is 1.36 bits per heavy atom. The molecule has 4 nitrogen and oxygen atoms in total. The highest BCUT2D eigenvalue weighted by molar-refractivity contribution is 5.54. The fraction of sp³-hybridized carbons (Fsp3) is 0.375. The molecule has 0 saturated carbocycles. The van der Waals surface area contributed by atoms with Crippen LogP contribution in [-0.2, 0) is 0 Å². The molecule has 78 valence electrons. The molecule has 0 aliphatic rings. The molecule has 0 unspecified atom stereocenters. The SMILES string of the molecule is COc1cc(C(F)F)c(OC)c(N)n1. The van der Waals surface area contributed by atoms with Gasteiger partial charge in [0.1, 0.15) is 0 Å². The summed E-state index contributed by atoms with van der Waals surface area (Å²) in [5.41, 5.74) is 5.07. The van der Waals surface area contributed by atoms with Gasteiger partial charge >= 0.3 is 0 Å². The average Bonchev–Trinajstić information content (AvgIpc) is 2.16. The first kappa shape index (κ1) is 10.5. The summed E-state index contributed by atoms with van der Waals surface area (Å²) in [5, 5.41) is 0. The zero-order valence-electron chi connectivity index (χ0n) is 7.75. The first-order valence-corrected chi connectivity index (χ1v) is 3.76. The third kappa shape index (κ3) is 1.84. The Balaban J connectivity index is 3.28. The number of anilines is 1. The Morgan fingerprint density at radius 3 is 2.43 bits per heavy atom. The van der Waals surface area contributed by atoms with Gasteiger partial charge in [-0.2, -0.15) is 4.98 Å². The van der Waals surface area contributed by atoms with E-state index in [1.807, 2.05) is 0 Å². The van der Waals surface area contributed by atoms with Crippen LogP contribution in [0.1, 0.15) is 12.0 Å². The molecule has 0 bridgehead atoms. The molecule has 2 N–H and O–H groups in total. The minimum absolute atomic E-state index is 0.0404. The van der Waals surface area contributed by atoms with E-state index < -0.39 is 6.43 Å². The molecule has 0 aliphatic carbocycles. The normalized spacial score (nSPS) is 10.4. The van der Waals surface area contributed by atoms with Gasteiger partial charge in [-0.25, -0.2) is 8.78 Å². The standard InChI is InChI=1S/C8H10F2N2O2/c1-13-5-3-4(7(9)10)6(14-2)8(11)12-5/h3,7H,1-2H3,(H2,11,12). The van der Waals surface area contributed by atoms with E-state index in [0.717, 1.165) is 6.07 Å². The van der Waals surface area contributed by atoms with Crippen LogP contribution in [0.3, 0.4) is 0 Å². The fourth-order valence-corrected chi connectivity index (χ4v) is 1.04. The highest BCUT2D eigenvalue weighted by Crippen LogP contribution is 2.34. The van der Waals surface area contributed by atoms with Gasteiger partial charge in [0.25, 0.3) is 6.43 Å². The van der Waals surface area contributed by atoms with Crippen LogP contribution >= 0.6 is 0 Å². The highest BCUT2D eigenvalue weighted by atomic mass is 19.3. The van der Waals surface area contributed by atoms with E-state index in [9.17, 15) is 8.78 Å². The summed E-state index contributed by atoms with van der Waals surface area (Å²) < 4.78 is 34.4. The van der Waals surface area contributed by atoms with E-state index in [0.29, 0.717) is 0 Å². The maximum Gasteiger partial charge on any atom is 0.267 e. The lowest BCUT2D eigenvalue weighted by Gasteiger charge is -2.11. The molecular weight excluding hydrogens is 194 g/mol. The van der Waals surface area contributed by atoms with E-state index in [1.54, 1.807) is 0 Å². The number of methoxy groups -OCH3 is 2. The van der Waals surface area contributed by atoms with Crippen LogP contribution in [0.2, 0.25) is 0 Å². The van der Waals surface area contributed by atoms with Crippen LogP contribution in [0.5, 0.6) is 11.6 Å². The molecule has 1 rings (SSSR count). The monoisotopic (exact) mass is 204 g/mol. The van der Waals surface area contributed by atoms with Gasteiger partial charge in [-0.3, -0.25) is 0 Å². The number of hydrogen-bond acceptors (Lipinski definition) is 4. The third-order valence-electron chi connectivity index (χ3n) is 1.65. The number of nitrogens with two attached hydrogens (primary N) is 1. The minimum Gasteiger partial charge on any atom is -0.492 e. The summed E-state index contributed by atoms with van der Waals surface area (Å²) in [6.07, 6.45) is -2.68. The summed E-state index contributed by atoms with van der Waals surface area (Å²) in [5.74, 6) is -0.179. The van der Waals surface area contributed by atoms with E-state index in [1.165, 1.54) is 14.2 Å². The lowest BCUT2D eigenvalue weighted by Crippen LogP contribution is -2.02. The number of hydrogen-bond donors (Lipinski definition) is 1. The average molecular weight is 204 g/mol. The number of aromatic nitrogens is 1. The lowest BCUT2D eigenvalue weighted by atomic mass is 10.2. The first-order valence-electron chi connectivity index (χ1n) is 3.76. The van der Waals surface area contributed by atoms with Gasteiger partial charge in [0, 0.05) is 6.07 Å². The fourth-order valence-electron chi connectivity index (χ4n) is 1.04. The van der Waals surface area contributed by atoms with Gasteiger partial charge in [-0.1, -0.05) is 0 Å². The second-order valence-corrected chi connectivity index (χ2v) is 2.47. The van der Waals surface area contributed by atoms with Crippen molar-refractivity contribution in [2.75, 3.05) is 20.0 Å². The van der Waals surface area contributed by atoms with Crippen LogP contribution in [0.25, 0.3) is 0 Å². The molecule has 1 aromatic rings. The molecule has 0 aromatic carbocycles. The predicted molar refractivity (Wildman–Crippen MR) is 46.7 cm³/mol. The molecule has 0 atom stereocenters. The van der Waals surface area contributed by atoms with Crippen LogP contribution in [0.15, 0.2) is 6.07 Å². The molecule has 0 saturated heterocycles. The van der Waals surface area contributed by atoms with Crippen LogP contribution in [0.4, 0.5) is 14.6 Å².